The summed E-state index contributed by atoms with van der Waals surface area (Å²) in [6.45, 7) is 8.53. The Morgan fingerprint density at radius 3 is 2.22 bits per heavy atom. The van der Waals surface area contributed by atoms with Crippen LogP contribution < -0.4 is 10.6 Å². The van der Waals surface area contributed by atoms with Crippen LogP contribution in [0.1, 0.15) is 27.2 Å². The van der Waals surface area contributed by atoms with Crippen molar-refractivity contribution in [2.24, 2.45) is 0 Å². The van der Waals surface area contributed by atoms with Gasteiger partial charge in [-0.1, -0.05) is 20.8 Å². The molecule has 0 saturated carbocycles. The Morgan fingerprint density at radius 2 is 1.78 bits per heavy atom. The number of nitrogens with zero attached hydrogens (tertiary/aromatic N) is 2. The van der Waals surface area contributed by atoms with Crippen molar-refractivity contribution in [3.63, 3.8) is 0 Å². The minimum absolute atomic E-state index is 0.319. The third-order valence-electron chi connectivity index (χ3n) is 4.38. The maximum Gasteiger partial charge on any atom is 0.405 e. The Labute approximate surface area is 136 Å². The van der Waals surface area contributed by atoms with E-state index < -0.39 is 12.2 Å². The molecule has 0 aromatic heterocycles. The molecule has 2 N–H and O–H groups in total. The van der Waals surface area contributed by atoms with Gasteiger partial charge in [0.2, 0.25) is 5.91 Å². The summed E-state index contributed by atoms with van der Waals surface area (Å²) in [4.78, 5) is 15.7. The molecule has 1 fully saturated rings. The topological polar surface area (TPSA) is 47.6 Å². The van der Waals surface area contributed by atoms with Gasteiger partial charge in [-0.25, -0.2) is 0 Å². The summed E-state index contributed by atoms with van der Waals surface area (Å²) in [6.07, 6.45) is -3.76. The van der Waals surface area contributed by atoms with E-state index in [0.717, 1.165) is 0 Å². The van der Waals surface area contributed by atoms with Gasteiger partial charge in [-0.15, -0.1) is 0 Å². The molecular weight excluding hydrogens is 309 g/mol. The van der Waals surface area contributed by atoms with Crippen LogP contribution in [-0.2, 0) is 4.79 Å². The quantitative estimate of drug-likeness (QED) is 0.695. The number of halogens is 3. The van der Waals surface area contributed by atoms with Crippen LogP contribution in [0.4, 0.5) is 13.2 Å². The Kier molecular flexibility index (Phi) is 8.28. The summed E-state index contributed by atoms with van der Waals surface area (Å²) in [5.74, 6) is -0.319. The normalized spacial score (nSPS) is 19.6. The van der Waals surface area contributed by atoms with Crippen LogP contribution in [0, 0.1) is 0 Å². The van der Waals surface area contributed by atoms with Crippen molar-refractivity contribution in [3.05, 3.63) is 0 Å². The predicted octanol–water partition coefficient (Wildman–Crippen LogP) is 1.06. The summed E-state index contributed by atoms with van der Waals surface area (Å²) in [7, 11) is 0. The summed E-state index contributed by atoms with van der Waals surface area (Å²) < 4.78 is 39.9. The first-order valence-corrected chi connectivity index (χ1v) is 8.38. The van der Waals surface area contributed by atoms with E-state index in [0.29, 0.717) is 45.7 Å². The smallest absolute Gasteiger partial charge is 0.353 e. The summed E-state index contributed by atoms with van der Waals surface area (Å²) in [6, 6.07) is -2.00. The average molecular weight is 338 g/mol. The molecule has 0 spiro atoms. The van der Waals surface area contributed by atoms with Gasteiger partial charge in [-0.2, -0.15) is 13.2 Å². The number of carbonyl (C=O) groups is 1. The monoisotopic (exact) mass is 338 g/mol. The van der Waals surface area contributed by atoms with Crippen LogP contribution >= 0.6 is 0 Å². The largest absolute Gasteiger partial charge is 0.405 e. The molecule has 1 amide bonds. The van der Waals surface area contributed by atoms with Crippen molar-refractivity contribution < 1.29 is 18.0 Å². The van der Waals surface area contributed by atoms with Crippen molar-refractivity contribution in [2.75, 3.05) is 45.8 Å². The van der Waals surface area contributed by atoms with Crippen LogP contribution in [0.25, 0.3) is 0 Å². The molecule has 1 rings (SSSR count). The van der Waals surface area contributed by atoms with E-state index in [9.17, 15) is 18.0 Å². The molecule has 136 valence electrons. The van der Waals surface area contributed by atoms with Gasteiger partial charge in [0.05, 0.1) is 6.04 Å². The molecule has 1 heterocycles. The zero-order valence-corrected chi connectivity index (χ0v) is 14.2. The molecule has 23 heavy (non-hydrogen) atoms. The second kappa shape index (κ2) is 9.44. The van der Waals surface area contributed by atoms with E-state index >= 15 is 0 Å². The second-order valence-electron chi connectivity index (χ2n) is 5.73. The van der Waals surface area contributed by atoms with E-state index in [1.807, 2.05) is 25.7 Å². The van der Waals surface area contributed by atoms with Crippen molar-refractivity contribution in [2.45, 2.75) is 45.5 Å². The first kappa shape index (κ1) is 20.2. The van der Waals surface area contributed by atoms with Crippen LogP contribution in [0.5, 0.6) is 0 Å². The first-order valence-electron chi connectivity index (χ1n) is 8.38. The number of likely N-dealkylation sites (N-methyl/N-ethyl adjacent to an activating group) is 1. The molecule has 8 heteroatoms. The molecular formula is C15H29F3N4O. The fraction of sp³-hybridized carbons (Fsp3) is 0.933. The van der Waals surface area contributed by atoms with E-state index in [4.69, 9.17) is 0 Å². The molecule has 0 bridgehead atoms. The van der Waals surface area contributed by atoms with Crippen LogP contribution in [0.3, 0.4) is 0 Å². The van der Waals surface area contributed by atoms with Gasteiger partial charge >= 0.3 is 6.18 Å². The average Bonchev–Trinajstić information content (AvgIpc) is 2.52. The molecule has 2 atom stereocenters. The molecule has 5 nitrogen and oxygen atoms in total. The highest BCUT2D eigenvalue weighted by Crippen LogP contribution is 2.24. The number of hydrogen-bond donors (Lipinski definition) is 2. The predicted molar refractivity (Wildman–Crippen MR) is 84.3 cm³/mol. The fourth-order valence-electron chi connectivity index (χ4n) is 3.03. The lowest BCUT2D eigenvalue weighted by atomic mass is 10.1. The number of hydrogen-bond acceptors (Lipinski definition) is 4. The summed E-state index contributed by atoms with van der Waals surface area (Å²) >= 11 is 0. The zero-order chi connectivity index (χ0) is 17.5. The number of piperazine rings is 1. The highest BCUT2D eigenvalue weighted by Gasteiger charge is 2.44. The molecule has 0 aromatic carbocycles. The van der Waals surface area contributed by atoms with Crippen molar-refractivity contribution in [1.82, 2.24) is 20.4 Å². The third-order valence-corrected chi connectivity index (χ3v) is 4.38. The van der Waals surface area contributed by atoms with Crippen molar-refractivity contribution >= 4 is 5.91 Å². The minimum atomic E-state index is -4.35. The lowest BCUT2D eigenvalue weighted by Gasteiger charge is -2.36. The molecule has 0 aromatic rings. The van der Waals surface area contributed by atoms with E-state index in [2.05, 4.69) is 10.6 Å². The molecule has 1 aliphatic heterocycles. The first-order chi connectivity index (χ1) is 10.8. The SMILES string of the molecule is CCC(C(=O)NCC(N1CCNCC1)C(F)(F)F)N(CC)CC. The molecule has 2 unspecified atom stereocenters. The zero-order valence-electron chi connectivity index (χ0n) is 14.2. The third kappa shape index (κ3) is 5.93. The Balaban J connectivity index is 2.67. The van der Waals surface area contributed by atoms with Gasteiger partial charge in [0.15, 0.2) is 0 Å². The Hall–Kier alpha value is -0.860. The van der Waals surface area contributed by atoms with E-state index in [1.54, 1.807) is 0 Å². The maximum absolute atomic E-state index is 13.3. The number of amides is 1. The minimum Gasteiger partial charge on any atom is -0.353 e. The molecule has 0 aliphatic carbocycles. The standard InChI is InChI=1S/C15H29F3N4O/c1-4-12(21(5-2)6-3)14(23)20-11-13(15(16,17)18)22-9-7-19-8-10-22/h12-13,19H,4-11H2,1-3H3,(H,20,23). The van der Waals surface area contributed by atoms with Gasteiger partial charge in [0, 0.05) is 32.7 Å². The fourth-order valence-corrected chi connectivity index (χ4v) is 3.03. The molecule has 1 saturated heterocycles. The second-order valence-corrected chi connectivity index (χ2v) is 5.73. The van der Waals surface area contributed by atoms with Gasteiger partial charge < -0.3 is 10.6 Å². The number of carbonyl (C=O) groups excluding carboxylic acids is 1. The highest BCUT2D eigenvalue weighted by molar-refractivity contribution is 5.81. The van der Waals surface area contributed by atoms with Crippen LogP contribution in [0.2, 0.25) is 0 Å². The Morgan fingerprint density at radius 1 is 1.22 bits per heavy atom. The van der Waals surface area contributed by atoms with E-state index in [1.165, 1.54) is 4.90 Å². The number of alkyl halides is 3. The van der Waals surface area contributed by atoms with Crippen LogP contribution in [-0.4, -0.2) is 79.8 Å². The maximum atomic E-state index is 13.3. The summed E-state index contributed by atoms with van der Waals surface area (Å²) in [5, 5.41) is 5.56. The van der Waals surface area contributed by atoms with Gasteiger partial charge in [-0.05, 0) is 19.5 Å². The number of rotatable bonds is 8. The molecule has 0 radical (unpaired) electrons. The van der Waals surface area contributed by atoms with Gasteiger partial charge in [-0.3, -0.25) is 14.6 Å². The molecule has 1 aliphatic rings. The van der Waals surface area contributed by atoms with Crippen LogP contribution in [0.15, 0.2) is 0 Å². The van der Waals surface area contributed by atoms with Gasteiger partial charge in [0.25, 0.3) is 0 Å². The van der Waals surface area contributed by atoms with E-state index in [-0.39, 0.29) is 18.5 Å². The Bertz CT molecular complexity index is 355. The highest BCUT2D eigenvalue weighted by atomic mass is 19.4. The van der Waals surface area contributed by atoms with Crippen molar-refractivity contribution in [1.29, 1.82) is 0 Å². The van der Waals surface area contributed by atoms with Gasteiger partial charge in [0.1, 0.15) is 6.04 Å². The lowest BCUT2D eigenvalue weighted by Crippen LogP contribution is -2.58. The number of nitrogens with one attached hydrogen (secondary N) is 2. The lowest BCUT2D eigenvalue weighted by molar-refractivity contribution is -0.184. The van der Waals surface area contributed by atoms with Crippen molar-refractivity contribution in [3.8, 4) is 0 Å². The summed E-state index contributed by atoms with van der Waals surface area (Å²) in [5.41, 5.74) is 0.